The van der Waals surface area contributed by atoms with Crippen LogP contribution >= 0.6 is 0 Å². The number of benzene rings is 3. The first-order chi connectivity index (χ1) is 11.3. The molecule has 0 spiro atoms. The fourth-order valence-corrected chi connectivity index (χ4v) is 2.64. The molecule has 3 aromatic rings. The van der Waals surface area contributed by atoms with Gasteiger partial charge < -0.3 is 10.6 Å². The molecule has 2 heteroatoms. The molecule has 0 heterocycles. The third-order valence-corrected chi connectivity index (χ3v) is 3.84. The van der Waals surface area contributed by atoms with Crippen LogP contribution in [0, 0.1) is 0 Å². The molecule has 23 heavy (non-hydrogen) atoms. The van der Waals surface area contributed by atoms with E-state index in [9.17, 15) is 0 Å². The van der Waals surface area contributed by atoms with Crippen LogP contribution in [0.1, 0.15) is 12.5 Å². The normalized spacial score (nSPS) is 11.7. The molecular formula is C21H20N2. The average molecular weight is 300 g/mol. The lowest BCUT2D eigenvalue weighted by atomic mass is 10.1. The topological polar surface area (TPSA) is 29.3 Å². The van der Waals surface area contributed by atoms with Gasteiger partial charge >= 0.3 is 0 Å². The van der Waals surface area contributed by atoms with Crippen molar-refractivity contribution in [2.75, 3.05) is 4.90 Å². The van der Waals surface area contributed by atoms with E-state index >= 15 is 0 Å². The lowest BCUT2D eigenvalue weighted by molar-refractivity contribution is 1.15. The van der Waals surface area contributed by atoms with Gasteiger partial charge in [0.05, 0.1) is 5.70 Å². The van der Waals surface area contributed by atoms with Crippen molar-refractivity contribution in [3.8, 4) is 0 Å². The summed E-state index contributed by atoms with van der Waals surface area (Å²) in [5.41, 5.74) is 11.5. The van der Waals surface area contributed by atoms with Crippen LogP contribution in [0.3, 0.4) is 0 Å². The second-order valence-electron chi connectivity index (χ2n) is 5.37. The predicted molar refractivity (Wildman–Crippen MR) is 98.2 cm³/mol. The molecule has 0 aliphatic carbocycles. The maximum absolute atomic E-state index is 6.45. The Hall–Kier alpha value is -3.00. The van der Waals surface area contributed by atoms with Crippen molar-refractivity contribution in [2.24, 2.45) is 5.73 Å². The number of hydrogen-bond donors (Lipinski definition) is 1. The lowest BCUT2D eigenvalue weighted by Gasteiger charge is -2.27. The molecule has 2 nitrogen and oxygen atoms in total. The Morgan fingerprint density at radius 1 is 0.652 bits per heavy atom. The Morgan fingerprint density at radius 2 is 1.04 bits per heavy atom. The zero-order valence-electron chi connectivity index (χ0n) is 13.2. The number of allylic oxidation sites excluding steroid dienone is 1. The van der Waals surface area contributed by atoms with Gasteiger partial charge in [-0.3, -0.25) is 0 Å². The van der Waals surface area contributed by atoms with Gasteiger partial charge in [-0.1, -0.05) is 66.7 Å². The predicted octanol–water partition coefficient (Wildman–Crippen LogP) is 5.17. The van der Waals surface area contributed by atoms with E-state index in [1.165, 1.54) is 0 Å². The maximum atomic E-state index is 6.45. The van der Waals surface area contributed by atoms with Crippen LogP contribution in [0.25, 0.3) is 5.70 Å². The smallest absolute Gasteiger partial charge is 0.0586 e. The minimum Gasteiger partial charge on any atom is -0.397 e. The quantitative estimate of drug-likeness (QED) is 0.720. The van der Waals surface area contributed by atoms with E-state index in [-0.39, 0.29) is 0 Å². The Morgan fingerprint density at radius 3 is 1.48 bits per heavy atom. The van der Waals surface area contributed by atoms with Crippen LogP contribution in [-0.4, -0.2) is 0 Å². The van der Waals surface area contributed by atoms with Crippen molar-refractivity contribution in [1.29, 1.82) is 0 Å². The molecule has 0 saturated heterocycles. The summed E-state index contributed by atoms with van der Waals surface area (Å²) in [7, 11) is 0. The third kappa shape index (κ3) is 3.27. The largest absolute Gasteiger partial charge is 0.397 e. The maximum Gasteiger partial charge on any atom is 0.0586 e. The van der Waals surface area contributed by atoms with E-state index in [0.717, 1.165) is 28.3 Å². The van der Waals surface area contributed by atoms with Gasteiger partial charge in [0.25, 0.3) is 0 Å². The summed E-state index contributed by atoms with van der Waals surface area (Å²) < 4.78 is 0. The van der Waals surface area contributed by atoms with Crippen molar-refractivity contribution in [2.45, 2.75) is 6.92 Å². The van der Waals surface area contributed by atoms with Crippen LogP contribution in [0.5, 0.6) is 0 Å². The number of nitrogens with two attached hydrogens (primary N) is 1. The highest BCUT2D eigenvalue weighted by atomic mass is 15.2. The first kappa shape index (κ1) is 14.9. The average Bonchev–Trinajstić information content (AvgIpc) is 2.64. The SMILES string of the molecule is C/C(=C(/N)c1ccccc1)N(c1ccccc1)c1ccccc1. The van der Waals surface area contributed by atoms with E-state index in [1.54, 1.807) is 0 Å². The molecule has 0 saturated carbocycles. The molecule has 0 aromatic heterocycles. The summed E-state index contributed by atoms with van der Waals surface area (Å²) >= 11 is 0. The molecule has 0 unspecified atom stereocenters. The zero-order valence-corrected chi connectivity index (χ0v) is 13.2. The number of rotatable bonds is 4. The number of hydrogen-bond acceptors (Lipinski definition) is 2. The molecule has 114 valence electrons. The Bertz CT molecular complexity index is 738. The molecule has 0 radical (unpaired) electrons. The highest BCUT2D eigenvalue weighted by molar-refractivity contribution is 5.76. The zero-order chi connectivity index (χ0) is 16.1. The van der Waals surface area contributed by atoms with Gasteiger partial charge in [0, 0.05) is 17.1 Å². The van der Waals surface area contributed by atoms with Crippen molar-refractivity contribution in [3.63, 3.8) is 0 Å². The van der Waals surface area contributed by atoms with Crippen LogP contribution in [-0.2, 0) is 0 Å². The molecule has 3 aromatic carbocycles. The summed E-state index contributed by atoms with van der Waals surface area (Å²) in [5.74, 6) is 0. The molecule has 0 amide bonds. The summed E-state index contributed by atoms with van der Waals surface area (Å²) in [4.78, 5) is 2.18. The van der Waals surface area contributed by atoms with E-state index in [2.05, 4.69) is 36.1 Å². The standard InChI is InChI=1S/C21H20N2/c1-17(21(22)18-11-5-2-6-12-18)23(19-13-7-3-8-14-19)20-15-9-4-10-16-20/h2-16H,22H2,1H3/b21-17-. The Balaban J connectivity index is 2.12. The second kappa shape index (κ2) is 6.84. The minimum atomic E-state index is 0.776. The van der Waals surface area contributed by atoms with Gasteiger partial charge in [-0.25, -0.2) is 0 Å². The number of para-hydroxylation sites is 2. The molecule has 0 atom stereocenters. The van der Waals surface area contributed by atoms with Crippen molar-refractivity contribution in [1.82, 2.24) is 0 Å². The van der Waals surface area contributed by atoms with Gasteiger partial charge in [-0.2, -0.15) is 0 Å². The van der Waals surface area contributed by atoms with Gasteiger partial charge in [0.1, 0.15) is 0 Å². The summed E-state index contributed by atoms with van der Waals surface area (Å²) in [5, 5.41) is 0. The first-order valence-electron chi connectivity index (χ1n) is 7.69. The number of nitrogens with zero attached hydrogens (tertiary/aromatic N) is 1. The van der Waals surface area contributed by atoms with E-state index in [1.807, 2.05) is 66.7 Å². The molecule has 0 aliphatic heterocycles. The Labute approximate surface area is 137 Å². The van der Waals surface area contributed by atoms with Gasteiger partial charge in [-0.05, 0) is 36.8 Å². The molecule has 3 rings (SSSR count). The van der Waals surface area contributed by atoms with Crippen LogP contribution in [0.4, 0.5) is 11.4 Å². The molecule has 0 bridgehead atoms. The fourth-order valence-electron chi connectivity index (χ4n) is 2.64. The van der Waals surface area contributed by atoms with Crippen molar-refractivity contribution in [3.05, 3.63) is 102 Å². The summed E-state index contributed by atoms with van der Waals surface area (Å²) in [6.07, 6.45) is 0. The highest BCUT2D eigenvalue weighted by Gasteiger charge is 2.14. The van der Waals surface area contributed by atoms with Crippen molar-refractivity contribution < 1.29 is 0 Å². The lowest BCUT2D eigenvalue weighted by Crippen LogP contribution is -2.18. The van der Waals surface area contributed by atoms with E-state index < -0.39 is 0 Å². The second-order valence-corrected chi connectivity index (χ2v) is 5.37. The van der Waals surface area contributed by atoms with E-state index in [4.69, 9.17) is 5.73 Å². The first-order valence-corrected chi connectivity index (χ1v) is 7.69. The van der Waals surface area contributed by atoms with Crippen molar-refractivity contribution >= 4 is 17.1 Å². The fraction of sp³-hybridized carbons (Fsp3) is 0.0476. The van der Waals surface area contributed by atoms with Crippen LogP contribution < -0.4 is 10.6 Å². The monoisotopic (exact) mass is 300 g/mol. The Kier molecular flexibility index (Phi) is 4.44. The number of anilines is 2. The van der Waals surface area contributed by atoms with Crippen LogP contribution in [0.15, 0.2) is 96.7 Å². The molecular weight excluding hydrogens is 280 g/mol. The third-order valence-electron chi connectivity index (χ3n) is 3.84. The van der Waals surface area contributed by atoms with Gasteiger partial charge in [-0.15, -0.1) is 0 Å². The molecule has 0 fully saturated rings. The van der Waals surface area contributed by atoms with Gasteiger partial charge in [0.2, 0.25) is 0 Å². The van der Waals surface area contributed by atoms with Crippen LogP contribution in [0.2, 0.25) is 0 Å². The minimum absolute atomic E-state index is 0.776. The molecule has 2 N–H and O–H groups in total. The summed E-state index contributed by atoms with van der Waals surface area (Å²) in [6, 6.07) is 30.6. The molecule has 0 aliphatic rings. The van der Waals surface area contributed by atoms with Gasteiger partial charge in [0.15, 0.2) is 0 Å². The highest BCUT2D eigenvalue weighted by Crippen LogP contribution is 2.31. The van der Waals surface area contributed by atoms with E-state index in [0.29, 0.717) is 0 Å². The summed E-state index contributed by atoms with van der Waals surface area (Å²) in [6.45, 7) is 2.06.